The molecular weight excluding hydrogens is 322 g/mol. The van der Waals surface area contributed by atoms with Crippen LogP contribution in [0.4, 0.5) is 0 Å². The van der Waals surface area contributed by atoms with Crippen molar-refractivity contribution in [2.24, 2.45) is 0 Å². The predicted octanol–water partition coefficient (Wildman–Crippen LogP) is 1.67. The number of esters is 1. The summed E-state index contributed by atoms with van der Waals surface area (Å²) in [6.07, 6.45) is 0. The molecule has 1 aromatic carbocycles. The van der Waals surface area contributed by atoms with E-state index in [4.69, 9.17) is 4.42 Å². The zero-order valence-electron chi connectivity index (χ0n) is 13.2. The molecule has 1 amide bonds. The van der Waals surface area contributed by atoms with E-state index < -0.39 is 27.1 Å². The number of fused-ring (bicyclic) bond motifs is 1. The molecule has 1 heterocycles. The van der Waals surface area contributed by atoms with Crippen LogP contribution in [-0.2, 0) is 19.6 Å². The van der Waals surface area contributed by atoms with Gasteiger partial charge in [-0.25, -0.2) is 13.1 Å². The summed E-state index contributed by atoms with van der Waals surface area (Å²) in [6, 6.07) is 5.42. The zero-order chi connectivity index (χ0) is 17.4. The Hall–Kier alpha value is -2.35. The number of hydrogen-bond acceptors (Lipinski definition) is 6. The Bertz CT molecular complexity index is 881. The van der Waals surface area contributed by atoms with Crippen LogP contribution in [0.25, 0.3) is 11.0 Å². The molecule has 0 saturated heterocycles. The number of furan rings is 1. The van der Waals surface area contributed by atoms with Crippen molar-refractivity contribution in [1.29, 1.82) is 0 Å². The molecule has 8 heteroatoms. The van der Waals surface area contributed by atoms with Crippen LogP contribution in [0.2, 0.25) is 0 Å². The molecule has 0 aliphatic rings. The Morgan fingerprint density at radius 1 is 1.26 bits per heavy atom. The van der Waals surface area contributed by atoms with Crippen LogP contribution in [0.1, 0.15) is 28.6 Å². The molecule has 0 aliphatic heterocycles. The molecule has 0 radical (unpaired) electrons. The van der Waals surface area contributed by atoms with Crippen LogP contribution in [0.3, 0.4) is 0 Å². The molecule has 0 saturated carbocycles. The Kier molecular flexibility index (Phi) is 4.46. The second-order valence-corrected chi connectivity index (χ2v) is 7.15. The number of aryl methyl sites for hydroxylation is 2. The van der Waals surface area contributed by atoms with Gasteiger partial charge in [-0.1, -0.05) is 18.2 Å². The molecule has 0 fully saturated rings. The first kappa shape index (κ1) is 17.0. The largest absolute Gasteiger partial charge is 0.468 e. The van der Waals surface area contributed by atoms with Gasteiger partial charge in [0, 0.05) is 10.9 Å². The van der Waals surface area contributed by atoms with Gasteiger partial charge in [-0.2, -0.15) is 0 Å². The molecule has 2 rings (SSSR count). The van der Waals surface area contributed by atoms with E-state index in [1.807, 2.05) is 23.8 Å². The molecule has 1 atom stereocenters. The number of benzene rings is 1. The van der Waals surface area contributed by atoms with Crippen molar-refractivity contribution in [3.63, 3.8) is 0 Å². The molecule has 23 heavy (non-hydrogen) atoms. The maximum absolute atomic E-state index is 12.2. The molecule has 7 nitrogen and oxygen atoms in total. The molecular formula is C15H17NO6S. The number of carbonyl (C=O) groups excluding carboxylic acids is 2. The van der Waals surface area contributed by atoms with E-state index >= 15 is 0 Å². The number of para-hydroxylation sites is 1. The summed E-state index contributed by atoms with van der Waals surface area (Å²) in [5, 5.41) is -0.781. The smallest absolute Gasteiger partial charge is 0.325 e. The number of ether oxygens (including phenoxy) is 1. The third-order valence-electron chi connectivity index (χ3n) is 3.60. The highest BCUT2D eigenvalue weighted by Crippen LogP contribution is 2.27. The minimum atomic E-state index is -4.22. The predicted molar refractivity (Wildman–Crippen MR) is 83.6 cm³/mol. The number of rotatable bonds is 4. The van der Waals surface area contributed by atoms with E-state index in [2.05, 4.69) is 4.74 Å². The molecule has 2 aromatic rings. The summed E-state index contributed by atoms with van der Waals surface area (Å²) in [5.74, 6) is -1.98. The van der Waals surface area contributed by atoms with Gasteiger partial charge in [0.15, 0.2) is 11.0 Å². The highest BCUT2D eigenvalue weighted by Gasteiger charge is 2.32. The number of amides is 1. The maximum atomic E-state index is 12.2. The van der Waals surface area contributed by atoms with E-state index in [0.717, 1.165) is 25.0 Å². The number of carbonyl (C=O) groups is 2. The highest BCUT2D eigenvalue weighted by atomic mass is 32.2. The van der Waals surface area contributed by atoms with Gasteiger partial charge < -0.3 is 9.15 Å². The fraction of sp³-hybridized carbons (Fsp3) is 0.333. The molecule has 0 unspecified atom stereocenters. The molecule has 1 N–H and O–H groups in total. The van der Waals surface area contributed by atoms with Crippen molar-refractivity contribution in [2.75, 3.05) is 7.11 Å². The van der Waals surface area contributed by atoms with Crippen LogP contribution in [0.15, 0.2) is 22.6 Å². The molecule has 124 valence electrons. The fourth-order valence-corrected chi connectivity index (χ4v) is 3.03. The van der Waals surface area contributed by atoms with Crippen molar-refractivity contribution in [2.45, 2.75) is 26.0 Å². The summed E-state index contributed by atoms with van der Waals surface area (Å²) in [7, 11) is -3.15. The first-order chi connectivity index (χ1) is 10.7. The second-order valence-electron chi connectivity index (χ2n) is 5.15. The summed E-state index contributed by atoms with van der Waals surface area (Å²) in [5.41, 5.74) is 1.88. The van der Waals surface area contributed by atoms with Crippen molar-refractivity contribution >= 4 is 32.9 Å². The number of nitrogens with one attached hydrogen (secondary N) is 1. The summed E-state index contributed by atoms with van der Waals surface area (Å²) >= 11 is 0. The normalized spacial score (nSPS) is 12.9. The molecule has 0 bridgehead atoms. The van der Waals surface area contributed by atoms with Gasteiger partial charge in [-0.3, -0.25) is 9.59 Å². The van der Waals surface area contributed by atoms with Crippen LogP contribution < -0.4 is 4.72 Å². The van der Waals surface area contributed by atoms with Crippen molar-refractivity contribution < 1.29 is 27.2 Å². The van der Waals surface area contributed by atoms with Gasteiger partial charge in [0.1, 0.15) is 5.58 Å². The van der Waals surface area contributed by atoms with E-state index in [1.54, 1.807) is 13.0 Å². The lowest BCUT2D eigenvalue weighted by atomic mass is 10.1. The lowest BCUT2D eigenvalue weighted by molar-refractivity contribution is -0.139. The lowest BCUT2D eigenvalue weighted by Gasteiger charge is -2.11. The number of methoxy groups -OCH3 is 1. The van der Waals surface area contributed by atoms with Gasteiger partial charge in [-0.05, 0) is 26.3 Å². The maximum Gasteiger partial charge on any atom is 0.325 e. The first-order valence-corrected chi connectivity index (χ1v) is 8.36. The average molecular weight is 339 g/mol. The molecule has 0 aliphatic carbocycles. The lowest BCUT2D eigenvalue weighted by Crippen LogP contribution is -2.41. The van der Waals surface area contributed by atoms with Crippen molar-refractivity contribution in [3.8, 4) is 0 Å². The summed E-state index contributed by atoms with van der Waals surface area (Å²) < 4.78 is 35.8. The average Bonchev–Trinajstić information content (AvgIpc) is 2.84. The minimum absolute atomic E-state index is 0.102. The standard InChI is InChI=1S/C15H17NO6S/c1-8-6-5-7-11-9(2)13(22-12(8)11)14(17)16-23(19,20)10(3)15(18)21-4/h5-7,10H,1-4H3,(H,16,17)/t10-/m1/s1. The van der Waals surface area contributed by atoms with Crippen molar-refractivity contribution in [3.05, 3.63) is 35.1 Å². The topological polar surface area (TPSA) is 103 Å². The van der Waals surface area contributed by atoms with E-state index in [1.165, 1.54) is 0 Å². The SMILES string of the molecule is COC(=O)[C@@H](C)S(=O)(=O)NC(=O)c1oc2c(C)cccc2c1C. The number of hydrogen-bond donors (Lipinski definition) is 1. The Morgan fingerprint density at radius 2 is 1.91 bits per heavy atom. The highest BCUT2D eigenvalue weighted by molar-refractivity contribution is 7.91. The Labute approximate surface area is 133 Å². The van der Waals surface area contributed by atoms with Crippen molar-refractivity contribution in [1.82, 2.24) is 4.72 Å². The Balaban J connectivity index is 2.37. The fourth-order valence-electron chi connectivity index (χ4n) is 2.16. The summed E-state index contributed by atoms with van der Waals surface area (Å²) in [4.78, 5) is 23.6. The Morgan fingerprint density at radius 3 is 2.48 bits per heavy atom. The quantitative estimate of drug-likeness (QED) is 0.850. The summed E-state index contributed by atoms with van der Waals surface area (Å²) in [6.45, 7) is 4.62. The minimum Gasteiger partial charge on any atom is -0.468 e. The monoisotopic (exact) mass is 339 g/mol. The van der Waals surface area contributed by atoms with Gasteiger partial charge in [0.25, 0.3) is 0 Å². The zero-order valence-corrected chi connectivity index (χ0v) is 14.0. The van der Waals surface area contributed by atoms with Crippen LogP contribution in [-0.4, -0.2) is 32.7 Å². The third kappa shape index (κ3) is 3.07. The van der Waals surface area contributed by atoms with Gasteiger partial charge in [-0.15, -0.1) is 0 Å². The van der Waals surface area contributed by atoms with Crippen LogP contribution in [0, 0.1) is 13.8 Å². The second kappa shape index (κ2) is 6.04. The van der Waals surface area contributed by atoms with E-state index in [0.29, 0.717) is 11.1 Å². The van der Waals surface area contributed by atoms with Gasteiger partial charge in [0.05, 0.1) is 7.11 Å². The first-order valence-electron chi connectivity index (χ1n) is 6.81. The number of sulfonamides is 1. The molecule has 1 aromatic heterocycles. The van der Waals surface area contributed by atoms with E-state index in [9.17, 15) is 18.0 Å². The van der Waals surface area contributed by atoms with Gasteiger partial charge in [0.2, 0.25) is 10.0 Å². The molecule has 0 spiro atoms. The van der Waals surface area contributed by atoms with Gasteiger partial charge >= 0.3 is 11.9 Å². The van der Waals surface area contributed by atoms with E-state index in [-0.39, 0.29) is 5.76 Å². The van der Waals surface area contributed by atoms with Crippen LogP contribution >= 0.6 is 0 Å². The third-order valence-corrected chi connectivity index (χ3v) is 5.19. The van der Waals surface area contributed by atoms with Crippen LogP contribution in [0.5, 0.6) is 0 Å².